The summed E-state index contributed by atoms with van der Waals surface area (Å²) in [6, 6.07) is 6.65. The van der Waals surface area contributed by atoms with Gasteiger partial charge in [-0.2, -0.15) is 0 Å². The average molecular weight is 318 g/mol. The van der Waals surface area contributed by atoms with Crippen molar-refractivity contribution in [2.45, 2.75) is 25.4 Å². The van der Waals surface area contributed by atoms with E-state index in [0.717, 1.165) is 32.4 Å². The van der Waals surface area contributed by atoms with Crippen molar-refractivity contribution in [3.8, 4) is 0 Å². The number of anilines is 1. The molecule has 0 aliphatic carbocycles. The summed E-state index contributed by atoms with van der Waals surface area (Å²) in [5.74, 6) is 0.0194. The van der Waals surface area contributed by atoms with Crippen LogP contribution in [0.5, 0.6) is 0 Å². The van der Waals surface area contributed by atoms with E-state index < -0.39 is 5.97 Å². The second kappa shape index (κ2) is 7.00. The van der Waals surface area contributed by atoms with Crippen molar-refractivity contribution in [2.24, 2.45) is 5.92 Å². The first-order valence-electron chi connectivity index (χ1n) is 8.03. The Morgan fingerprint density at radius 3 is 3.04 bits per heavy atom. The molecule has 3 rings (SSSR count). The number of rotatable bonds is 2. The number of hydrogen-bond acceptors (Lipinski definition) is 4. The van der Waals surface area contributed by atoms with Crippen LogP contribution in [0, 0.1) is 5.92 Å². The number of benzene rings is 1. The zero-order chi connectivity index (χ0) is 16.2. The predicted molar refractivity (Wildman–Crippen MR) is 85.5 cm³/mol. The number of urea groups is 1. The van der Waals surface area contributed by atoms with Gasteiger partial charge in [0, 0.05) is 31.3 Å². The molecule has 2 heterocycles. The first-order valence-corrected chi connectivity index (χ1v) is 8.03. The summed E-state index contributed by atoms with van der Waals surface area (Å²) in [6.07, 6.45) is 3.38. The summed E-state index contributed by atoms with van der Waals surface area (Å²) < 4.78 is 10.5. The van der Waals surface area contributed by atoms with E-state index in [-0.39, 0.29) is 6.03 Å². The number of amides is 2. The van der Waals surface area contributed by atoms with Gasteiger partial charge in [-0.3, -0.25) is 0 Å². The quantitative estimate of drug-likeness (QED) is 0.851. The number of carbonyl (C=O) groups is 2. The maximum absolute atomic E-state index is 12.5. The van der Waals surface area contributed by atoms with Gasteiger partial charge in [-0.05, 0) is 37.5 Å². The zero-order valence-electron chi connectivity index (χ0n) is 13.3. The van der Waals surface area contributed by atoms with Crippen LogP contribution in [-0.2, 0) is 9.47 Å². The predicted octanol–water partition coefficient (Wildman–Crippen LogP) is 2.51. The Kier molecular flexibility index (Phi) is 4.81. The number of hydrogen-bond donors (Lipinski definition) is 1. The number of methoxy groups -OCH3 is 1. The number of fused-ring (bicyclic) bond motifs is 1. The van der Waals surface area contributed by atoms with Crippen molar-refractivity contribution in [1.29, 1.82) is 0 Å². The summed E-state index contributed by atoms with van der Waals surface area (Å²) in [5, 5.41) is 2.86. The Balaban J connectivity index is 1.62. The molecule has 2 saturated heterocycles. The second-order valence-electron chi connectivity index (χ2n) is 6.05. The normalized spacial score (nSPS) is 23.8. The topological polar surface area (TPSA) is 67.9 Å². The van der Waals surface area contributed by atoms with Gasteiger partial charge in [0.1, 0.15) is 0 Å². The molecule has 0 radical (unpaired) electrons. The Bertz CT molecular complexity index is 590. The lowest BCUT2D eigenvalue weighted by Gasteiger charge is -2.40. The summed E-state index contributed by atoms with van der Waals surface area (Å²) in [6.45, 7) is 2.27. The maximum Gasteiger partial charge on any atom is 0.337 e. The van der Waals surface area contributed by atoms with Crippen molar-refractivity contribution in [2.75, 3.05) is 32.1 Å². The monoisotopic (exact) mass is 318 g/mol. The molecule has 1 N–H and O–H groups in total. The Hall–Kier alpha value is -2.08. The lowest BCUT2D eigenvalue weighted by molar-refractivity contribution is -0.0578. The van der Waals surface area contributed by atoms with Crippen molar-refractivity contribution in [3.05, 3.63) is 29.8 Å². The highest BCUT2D eigenvalue weighted by Gasteiger charge is 2.33. The first kappa shape index (κ1) is 15.8. The molecule has 23 heavy (non-hydrogen) atoms. The molecule has 124 valence electrons. The van der Waals surface area contributed by atoms with Crippen molar-refractivity contribution < 1.29 is 19.1 Å². The lowest BCUT2D eigenvalue weighted by Crippen LogP contribution is -2.49. The number of nitrogens with one attached hydrogen (secondary N) is 1. The van der Waals surface area contributed by atoms with E-state index in [1.807, 2.05) is 4.90 Å². The molecule has 1 aromatic rings. The minimum Gasteiger partial charge on any atom is -0.465 e. The molecule has 2 atom stereocenters. The summed E-state index contributed by atoms with van der Waals surface area (Å²) in [5.41, 5.74) is 1.02. The minimum atomic E-state index is -0.415. The van der Waals surface area contributed by atoms with Crippen LogP contribution in [-0.4, -0.2) is 49.8 Å². The fourth-order valence-corrected chi connectivity index (χ4v) is 3.32. The van der Waals surface area contributed by atoms with Crippen LogP contribution in [0.3, 0.4) is 0 Å². The summed E-state index contributed by atoms with van der Waals surface area (Å²) >= 11 is 0. The van der Waals surface area contributed by atoms with Crippen LogP contribution in [0.1, 0.15) is 29.6 Å². The van der Waals surface area contributed by atoms with Gasteiger partial charge in [-0.15, -0.1) is 0 Å². The van der Waals surface area contributed by atoms with Gasteiger partial charge in [0.05, 0.1) is 18.8 Å². The number of likely N-dealkylation sites (tertiary alicyclic amines) is 1. The van der Waals surface area contributed by atoms with E-state index in [4.69, 9.17) is 9.47 Å². The van der Waals surface area contributed by atoms with Crippen molar-refractivity contribution in [1.82, 2.24) is 4.90 Å². The third kappa shape index (κ3) is 3.64. The number of carbonyl (C=O) groups excluding carboxylic acids is 2. The van der Waals surface area contributed by atoms with Crippen LogP contribution in [0.15, 0.2) is 24.3 Å². The lowest BCUT2D eigenvalue weighted by atomic mass is 9.89. The SMILES string of the molecule is COC(=O)c1cccc(NC(=O)N2CC[C@@H]3OCCC[C@H]3C2)c1. The molecule has 2 aliphatic heterocycles. The highest BCUT2D eigenvalue weighted by atomic mass is 16.5. The highest BCUT2D eigenvalue weighted by Crippen LogP contribution is 2.28. The van der Waals surface area contributed by atoms with E-state index in [0.29, 0.717) is 29.8 Å². The molecular formula is C17H22N2O4. The Morgan fingerprint density at radius 2 is 2.22 bits per heavy atom. The Labute approximate surface area is 135 Å². The molecule has 2 amide bonds. The van der Waals surface area contributed by atoms with Crippen LogP contribution in [0.25, 0.3) is 0 Å². The van der Waals surface area contributed by atoms with Gasteiger partial charge < -0.3 is 19.7 Å². The third-order valence-corrected chi connectivity index (χ3v) is 4.54. The standard InChI is InChI=1S/C17H22N2O4/c1-22-16(20)12-4-2-6-14(10-12)18-17(21)19-8-7-15-13(11-19)5-3-9-23-15/h2,4,6,10,13,15H,3,5,7-9,11H2,1H3,(H,18,21)/t13-,15-/m0/s1. The fraction of sp³-hybridized carbons (Fsp3) is 0.529. The van der Waals surface area contributed by atoms with Crippen molar-refractivity contribution >= 4 is 17.7 Å². The maximum atomic E-state index is 12.5. The van der Waals surface area contributed by atoms with Crippen LogP contribution in [0.4, 0.5) is 10.5 Å². The summed E-state index contributed by atoms with van der Waals surface area (Å²) in [7, 11) is 1.34. The van der Waals surface area contributed by atoms with Gasteiger partial charge in [0.15, 0.2) is 0 Å². The molecule has 1 aromatic carbocycles. The van der Waals surface area contributed by atoms with E-state index in [2.05, 4.69) is 5.32 Å². The van der Waals surface area contributed by atoms with E-state index in [1.165, 1.54) is 7.11 Å². The molecular weight excluding hydrogens is 296 g/mol. The molecule has 0 spiro atoms. The third-order valence-electron chi connectivity index (χ3n) is 4.54. The second-order valence-corrected chi connectivity index (χ2v) is 6.05. The number of piperidine rings is 1. The molecule has 2 fully saturated rings. The number of esters is 1. The molecule has 0 saturated carbocycles. The first-order chi connectivity index (χ1) is 11.2. The van der Waals surface area contributed by atoms with E-state index in [1.54, 1.807) is 24.3 Å². The van der Waals surface area contributed by atoms with Gasteiger partial charge in [-0.1, -0.05) is 6.07 Å². The van der Waals surface area contributed by atoms with Crippen LogP contribution < -0.4 is 5.32 Å². The van der Waals surface area contributed by atoms with Gasteiger partial charge >= 0.3 is 12.0 Å². The molecule has 6 heteroatoms. The molecule has 0 unspecified atom stereocenters. The van der Waals surface area contributed by atoms with Gasteiger partial charge in [0.25, 0.3) is 0 Å². The van der Waals surface area contributed by atoms with Crippen LogP contribution in [0.2, 0.25) is 0 Å². The number of nitrogens with zero attached hydrogens (tertiary/aromatic N) is 1. The number of ether oxygens (including phenoxy) is 2. The van der Waals surface area contributed by atoms with E-state index in [9.17, 15) is 9.59 Å². The molecule has 2 aliphatic rings. The Morgan fingerprint density at radius 1 is 1.35 bits per heavy atom. The largest absolute Gasteiger partial charge is 0.465 e. The minimum absolute atomic E-state index is 0.129. The van der Waals surface area contributed by atoms with Gasteiger partial charge in [-0.25, -0.2) is 9.59 Å². The van der Waals surface area contributed by atoms with E-state index >= 15 is 0 Å². The molecule has 6 nitrogen and oxygen atoms in total. The zero-order valence-corrected chi connectivity index (χ0v) is 13.3. The van der Waals surface area contributed by atoms with Crippen LogP contribution >= 0.6 is 0 Å². The summed E-state index contributed by atoms with van der Waals surface area (Å²) in [4.78, 5) is 25.8. The van der Waals surface area contributed by atoms with Crippen molar-refractivity contribution in [3.63, 3.8) is 0 Å². The highest BCUT2D eigenvalue weighted by molar-refractivity contribution is 5.93. The average Bonchev–Trinajstić information content (AvgIpc) is 2.60. The molecule has 0 bridgehead atoms. The smallest absolute Gasteiger partial charge is 0.337 e. The van der Waals surface area contributed by atoms with Gasteiger partial charge in [0.2, 0.25) is 0 Å². The fourth-order valence-electron chi connectivity index (χ4n) is 3.32. The molecule has 0 aromatic heterocycles.